The lowest BCUT2D eigenvalue weighted by atomic mass is 9.96. The van der Waals surface area contributed by atoms with Crippen LogP contribution in [-0.2, 0) is 19.5 Å². The van der Waals surface area contributed by atoms with Gasteiger partial charge >= 0.3 is 0 Å². The molecular weight excluding hydrogens is 252 g/mol. The lowest BCUT2D eigenvalue weighted by Gasteiger charge is -2.28. The second kappa shape index (κ2) is 7.62. The number of hydrogen-bond donors (Lipinski definition) is 2. The molecule has 4 nitrogen and oxygen atoms in total. The van der Waals surface area contributed by atoms with Crippen LogP contribution in [0.4, 0.5) is 0 Å². The normalized spacial score (nSPS) is 15.2. The number of aliphatic hydroxyl groups is 1. The monoisotopic (exact) mass is 278 g/mol. The zero-order valence-corrected chi connectivity index (χ0v) is 12.6. The van der Waals surface area contributed by atoms with Crippen molar-refractivity contribution in [3.63, 3.8) is 0 Å². The summed E-state index contributed by atoms with van der Waals surface area (Å²) in [5, 5.41) is 12.1. The van der Waals surface area contributed by atoms with Crippen molar-refractivity contribution in [2.75, 3.05) is 32.8 Å². The van der Waals surface area contributed by atoms with Crippen LogP contribution in [0.2, 0.25) is 0 Å². The molecule has 2 rings (SSSR count). The number of ether oxygens (including phenoxy) is 1. The Morgan fingerprint density at radius 1 is 1.30 bits per heavy atom. The summed E-state index contributed by atoms with van der Waals surface area (Å²) in [6.45, 7) is 9.71. The SMILES string of the molecule is CCOc1cc2c(cc1CNCCO)CCN(CC)C2. The van der Waals surface area contributed by atoms with Crippen molar-refractivity contribution in [1.82, 2.24) is 10.2 Å². The molecule has 20 heavy (non-hydrogen) atoms. The molecular formula is C16H26N2O2. The van der Waals surface area contributed by atoms with E-state index < -0.39 is 0 Å². The molecule has 1 aliphatic rings. The van der Waals surface area contributed by atoms with Crippen LogP contribution in [0.3, 0.4) is 0 Å². The summed E-state index contributed by atoms with van der Waals surface area (Å²) in [7, 11) is 0. The molecule has 2 N–H and O–H groups in total. The minimum Gasteiger partial charge on any atom is -0.494 e. The van der Waals surface area contributed by atoms with Crippen LogP contribution >= 0.6 is 0 Å². The summed E-state index contributed by atoms with van der Waals surface area (Å²) in [6, 6.07) is 4.48. The van der Waals surface area contributed by atoms with Gasteiger partial charge < -0.3 is 15.2 Å². The molecule has 0 aliphatic carbocycles. The van der Waals surface area contributed by atoms with Gasteiger partial charge in [-0.25, -0.2) is 0 Å². The summed E-state index contributed by atoms with van der Waals surface area (Å²) < 4.78 is 5.78. The van der Waals surface area contributed by atoms with E-state index in [0.717, 1.165) is 38.3 Å². The van der Waals surface area contributed by atoms with Crippen molar-refractivity contribution in [2.45, 2.75) is 33.4 Å². The van der Waals surface area contributed by atoms with Crippen molar-refractivity contribution in [3.05, 3.63) is 28.8 Å². The maximum Gasteiger partial charge on any atom is 0.124 e. The molecule has 1 aromatic rings. The molecule has 0 fully saturated rings. The van der Waals surface area contributed by atoms with Crippen LogP contribution in [-0.4, -0.2) is 42.9 Å². The van der Waals surface area contributed by atoms with Gasteiger partial charge in [0, 0.05) is 31.7 Å². The van der Waals surface area contributed by atoms with E-state index in [0.29, 0.717) is 13.2 Å². The highest BCUT2D eigenvalue weighted by molar-refractivity contribution is 5.44. The van der Waals surface area contributed by atoms with Crippen LogP contribution < -0.4 is 10.1 Å². The van der Waals surface area contributed by atoms with Crippen molar-refractivity contribution in [2.24, 2.45) is 0 Å². The van der Waals surface area contributed by atoms with E-state index in [-0.39, 0.29) is 6.61 Å². The first kappa shape index (κ1) is 15.3. The molecule has 1 aromatic carbocycles. The molecule has 0 aromatic heterocycles. The van der Waals surface area contributed by atoms with Crippen LogP contribution in [0.25, 0.3) is 0 Å². The van der Waals surface area contributed by atoms with Gasteiger partial charge in [0.15, 0.2) is 0 Å². The number of aliphatic hydroxyl groups excluding tert-OH is 1. The Labute approximate surface area is 121 Å². The third kappa shape index (κ3) is 3.72. The van der Waals surface area contributed by atoms with Crippen molar-refractivity contribution >= 4 is 0 Å². The van der Waals surface area contributed by atoms with Crippen molar-refractivity contribution < 1.29 is 9.84 Å². The summed E-state index contributed by atoms with van der Waals surface area (Å²) >= 11 is 0. The Hall–Kier alpha value is -1.10. The van der Waals surface area contributed by atoms with Crippen molar-refractivity contribution in [1.29, 1.82) is 0 Å². The van der Waals surface area contributed by atoms with Gasteiger partial charge in [-0.05, 0) is 37.1 Å². The van der Waals surface area contributed by atoms with Gasteiger partial charge in [-0.1, -0.05) is 13.0 Å². The number of benzene rings is 1. The van der Waals surface area contributed by atoms with Gasteiger partial charge in [0.25, 0.3) is 0 Å². The van der Waals surface area contributed by atoms with E-state index in [2.05, 4.69) is 29.3 Å². The maximum absolute atomic E-state index is 8.87. The Kier molecular flexibility index (Phi) is 5.83. The first-order chi connectivity index (χ1) is 9.78. The average molecular weight is 278 g/mol. The Balaban J connectivity index is 2.19. The van der Waals surface area contributed by atoms with E-state index in [9.17, 15) is 0 Å². The van der Waals surface area contributed by atoms with Gasteiger partial charge in [-0.2, -0.15) is 0 Å². The van der Waals surface area contributed by atoms with Gasteiger partial charge in [0.2, 0.25) is 0 Å². The second-order valence-electron chi connectivity index (χ2n) is 5.18. The molecule has 1 aliphatic heterocycles. The predicted octanol–water partition coefficient (Wildman–Crippen LogP) is 1.55. The molecule has 1 heterocycles. The number of nitrogens with one attached hydrogen (secondary N) is 1. The number of hydrogen-bond acceptors (Lipinski definition) is 4. The highest BCUT2D eigenvalue weighted by atomic mass is 16.5. The van der Waals surface area contributed by atoms with Gasteiger partial charge in [0.05, 0.1) is 13.2 Å². The Morgan fingerprint density at radius 3 is 2.85 bits per heavy atom. The summed E-state index contributed by atoms with van der Waals surface area (Å²) in [5.41, 5.74) is 4.04. The number of nitrogens with zero attached hydrogens (tertiary/aromatic N) is 1. The third-order valence-corrected chi connectivity index (χ3v) is 3.83. The predicted molar refractivity (Wildman–Crippen MR) is 81.1 cm³/mol. The molecule has 0 saturated carbocycles. The van der Waals surface area contributed by atoms with Crippen LogP contribution in [0.5, 0.6) is 5.75 Å². The topological polar surface area (TPSA) is 44.7 Å². The average Bonchev–Trinajstić information content (AvgIpc) is 2.47. The second-order valence-corrected chi connectivity index (χ2v) is 5.18. The fourth-order valence-electron chi connectivity index (χ4n) is 2.70. The van der Waals surface area contributed by atoms with Crippen LogP contribution in [0.15, 0.2) is 12.1 Å². The first-order valence-electron chi connectivity index (χ1n) is 7.59. The molecule has 0 unspecified atom stereocenters. The Bertz CT molecular complexity index is 435. The first-order valence-corrected chi connectivity index (χ1v) is 7.59. The van der Waals surface area contributed by atoms with E-state index in [1.165, 1.54) is 16.7 Å². The smallest absolute Gasteiger partial charge is 0.124 e. The lowest BCUT2D eigenvalue weighted by molar-refractivity contribution is 0.266. The molecule has 0 amide bonds. The van der Waals surface area contributed by atoms with E-state index in [1.54, 1.807) is 0 Å². The fourth-order valence-corrected chi connectivity index (χ4v) is 2.70. The third-order valence-electron chi connectivity index (χ3n) is 3.83. The number of rotatable bonds is 7. The standard InChI is InChI=1S/C16H26N2O2/c1-3-18-7-5-13-9-14(11-17-6-8-19)16(20-4-2)10-15(13)12-18/h9-10,17,19H,3-8,11-12H2,1-2H3. The largest absolute Gasteiger partial charge is 0.494 e. The zero-order chi connectivity index (χ0) is 14.4. The van der Waals surface area contributed by atoms with Crippen molar-refractivity contribution in [3.8, 4) is 5.75 Å². The van der Waals surface area contributed by atoms with Gasteiger partial charge in [0.1, 0.15) is 5.75 Å². The molecule has 4 heteroatoms. The molecule has 0 radical (unpaired) electrons. The molecule has 0 spiro atoms. The highest BCUT2D eigenvalue weighted by Crippen LogP contribution is 2.28. The van der Waals surface area contributed by atoms with Crippen LogP contribution in [0, 0.1) is 0 Å². The zero-order valence-electron chi connectivity index (χ0n) is 12.6. The molecule has 112 valence electrons. The van der Waals surface area contributed by atoms with E-state index in [1.807, 2.05) is 6.92 Å². The number of fused-ring (bicyclic) bond motifs is 1. The maximum atomic E-state index is 8.87. The fraction of sp³-hybridized carbons (Fsp3) is 0.625. The summed E-state index contributed by atoms with van der Waals surface area (Å²) in [5.74, 6) is 0.981. The highest BCUT2D eigenvalue weighted by Gasteiger charge is 2.17. The number of likely N-dealkylation sites (N-methyl/N-ethyl adjacent to an activating group) is 1. The van der Waals surface area contributed by atoms with E-state index >= 15 is 0 Å². The summed E-state index contributed by atoms with van der Waals surface area (Å²) in [6.07, 6.45) is 1.11. The van der Waals surface area contributed by atoms with Gasteiger partial charge in [-0.3, -0.25) is 4.90 Å². The minimum atomic E-state index is 0.167. The molecule has 0 atom stereocenters. The van der Waals surface area contributed by atoms with E-state index in [4.69, 9.17) is 9.84 Å². The molecule has 0 bridgehead atoms. The quantitative estimate of drug-likeness (QED) is 0.743. The minimum absolute atomic E-state index is 0.167. The van der Waals surface area contributed by atoms with Crippen LogP contribution in [0.1, 0.15) is 30.5 Å². The Morgan fingerprint density at radius 2 is 2.15 bits per heavy atom. The molecule has 0 saturated heterocycles. The summed E-state index contributed by atoms with van der Waals surface area (Å²) in [4.78, 5) is 2.46. The van der Waals surface area contributed by atoms with Gasteiger partial charge in [-0.15, -0.1) is 0 Å². The lowest BCUT2D eigenvalue weighted by Crippen LogP contribution is -2.30.